The van der Waals surface area contributed by atoms with E-state index in [0.29, 0.717) is 11.6 Å². The fourth-order valence-electron chi connectivity index (χ4n) is 3.82. The van der Waals surface area contributed by atoms with Crippen LogP contribution in [0.25, 0.3) is 0 Å². The lowest BCUT2D eigenvalue weighted by Crippen LogP contribution is -2.58. The van der Waals surface area contributed by atoms with Crippen molar-refractivity contribution >= 4 is 0 Å². The van der Waals surface area contributed by atoms with Gasteiger partial charge in [-0.3, -0.25) is 4.90 Å². The van der Waals surface area contributed by atoms with Gasteiger partial charge in [0.2, 0.25) is 0 Å². The smallest absolute Gasteiger partial charge is 0.0331 e. The van der Waals surface area contributed by atoms with E-state index >= 15 is 0 Å². The van der Waals surface area contributed by atoms with Crippen molar-refractivity contribution in [2.75, 3.05) is 19.6 Å². The van der Waals surface area contributed by atoms with Crippen molar-refractivity contribution in [1.29, 1.82) is 0 Å². The molecule has 0 aromatic heterocycles. The molecule has 0 saturated carbocycles. The van der Waals surface area contributed by atoms with E-state index in [9.17, 15) is 0 Å². The van der Waals surface area contributed by atoms with E-state index in [1.54, 1.807) is 0 Å². The molecule has 1 aliphatic heterocycles. The summed E-state index contributed by atoms with van der Waals surface area (Å²) in [6, 6.07) is 0.669. The third-order valence-corrected chi connectivity index (χ3v) is 5.53. The molecule has 0 aromatic carbocycles. The zero-order valence-electron chi connectivity index (χ0n) is 15.2. The van der Waals surface area contributed by atoms with Crippen LogP contribution in [0.4, 0.5) is 0 Å². The van der Waals surface area contributed by atoms with Gasteiger partial charge in [-0.2, -0.15) is 0 Å². The van der Waals surface area contributed by atoms with Crippen LogP contribution in [0.5, 0.6) is 0 Å². The Morgan fingerprint density at radius 3 is 2.19 bits per heavy atom. The molecule has 0 aliphatic carbocycles. The van der Waals surface area contributed by atoms with Crippen molar-refractivity contribution in [3.63, 3.8) is 0 Å². The average molecular weight is 297 g/mol. The van der Waals surface area contributed by atoms with E-state index in [1.165, 1.54) is 83.8 Å². The van der Waals surface area contributed by atoms with Crippen LogP contribution in [-0.4, -0.2) is 36.1 Å². The van der Waals surface area contributed by atoms with E-state index in [1.807, 2.05) is 0 Å². The molecule has 2 atom stereocenters. The van der Waals surface area contributed by atoms with Crippen molar-refractivity contribution in [3.05, 3.63) is 0 Å². The van der Waals surface area contributed by atoms with Gasteiger partial charge in [0.1, 0.15) is 0 Å². The monoisotopic (exact) mass is 296 g/mol. The highest BCUT2D eigenvalue weighted by atomic mass is 15.2. The molecule has 0 amide bonds. The van der Waals surface area contributed by atoms with Crippen LogP contribution in [0.15, 0.2) is 0 Å². The van der Waals surface area contributed by atoms with Crippen molar-refractivity contribution in [2.45, 2.75) is 103 Å². The van der Waals surface area contributed by atoms with Crippen LogP contribution in [0.3, 0.4) is 0 Å². The van der Waals surface area contributed by atoms with Gasteiger partial charge >= 0.3 is 0 Å². The topological polar surface area (TPSA) is 15.3 Å². The molecule has 1 saturated heterocycles. The number of likely N-dealkylation sites (tertiary alicyclic amines) is 1. The maximum absolute atomic E-state index is 3.89. The largest absolute Gasteiger partial charge is 0.312 e. The Morgan fingerprint density at radius 1 is 0.952 bits per heavy atom. The molecule has 126 valence electrons. The number of rotatable bonds is 12. The van der Waals surface area contributed by atoms with Crippen molar-refractivity contribution in [1.82, 2.24) is 10.2 Å². The molecule has 2 heteroatoms. The Labute approximate surface area is 134 Å². The molecule has 1 aliphatic rings. The molecule has 0 aromatic rings. The van der Waals surface area contributed by atoms with Gasteiger partial charge in [-0.1, -0.05) is 52.9 Å². The maximum atomic E-state index is 3.89. The van der Waals surface area contributed by atoms with Crippen LogP contribution in [0.2, 0.25) is 0 Å². The van der Waals surface area contributed by atoms with Gasteiger partial charge in [0, 0.05) is 11.6 Å². The first kappa shape index (κ1) is 19.0. The quantitative estimate of drug-likeness (QED) is 0.511. The summed E-state index contributed by atoms with van der Waals surface area (Å²) in [5.41, 5.74) is 0.358. The Balaban J connectivity index is 2.55. The van der Waals surface area contributed by atoms with Gasteiger partial charge in [-0.25, -0.2) is 0 Å². The second-order valence-corrected chi connectivity index (χ2v) is 7.11. The predicted octanol–water partition coefficient (Wildman–Crippen LogP) is 4.98. The fraction of sp³-hybridized carbons (Fsp3) is 1.00. The molecule has 2 unspecified atom stereocenters. The molecule has 21 heavy (non-hydrogen) atoms. The zero-order chi connectivity index (χ0) is 15.6. The Hall–Kier alpha value is -0.0800. The summed E-state index contributed by atoms with van der Waals surface area (Å²) < 4.78 is 0. The molecule has 1 rings (SSSR count). The summed E-state index contributed by atoms with van der Waals surface area (Å²) in [6.45, 7) is 13.3. The molecule has 0 spiro atoms. The van der Waals surface area contributed by atoms with Crippen molar-refractivity contribution in [3.8, 4) is 0 Å². The van der Waals surface area contributed by atoms with Gasteiger partial charge in [-0.05, 0) is 58.7 Å². The molecule has 2 nitrogen and oxygen atoms in total. The SMILES string of the molecule is CCCCCCCC(NCCC)C(C)(CC)N1CCCC1. The number of hydrogen-bond donors (Lipinski definition) is 1. The third-order valence-electron chi connectivity index (χ3n) is 5.53. The number of unbranched alkanes of at least 4 members (excludes halogenated alkanes) is 4. The fourth-order valence-corrected chi connectivity index (χ4v) is 3.82. The van der Waals surface area contributed by atoms with E-state index in [0.717, 1.165) is 0 Å². The highest BCUT2D eigenvalue weighted by Gasteiger charge is 2.38. The van der Waals surface area contributed by atoms with Gasteiger partial charge in [0.05, 0.1) is 0 Å². The Bertz CT molecular complexity index is 248. The van der Waals surface area contributed by atoms with E-state index in [-0.39, 0.29) is 0 Å². The molecule has 1 fully saturated rings. The van der Waals surface area contributed by atoms with E-state index < -0.39 is 0 Å². The minimum atomic E-state index is 0.358. The Morgan fingerprint density at radius 2 is 1.62 bits per heavy atom. The summed E-state index contributed by atoms with van der Waals surface area (Å²) in [5, 5.41) is 3.89. The van der Waals surface area contributed by atoms with Crippen LogP contribution >= 0.6 is 0 Å². The first-order valence-electron chi connectivity index (χ1n) is 9.67. The minimum absolute atomic E-state index is 0.358. The second-order valence-electron chi connectivity index (χ2n) is 7.11. The summed E-state index contributed by atoms with van der Waals surface area (Å²) in [5.74, 6) is 0. The maximum Gasteiger partial charge on any atom is 0.0331 e. The Kier molecular flexibility index (Phi) is 9.59. The standard InChI is InChI=1S/C19H40N2/c1-5-8-9-10-11-14-18(20-15-6-2)19(4,7-3)21-16-12-13-17-21/h18,20H,5-17H2,1-4H3. The van der Waals surface area contributed by atoms with Gasteiger partial charge in [0.15, 0.2) is 0 Å². The number of nitrogens with one attached hydrogen (secondary N) is 1. The third kappa shape index (κ3) is 5.90. The van der Waals surface area contributed by atoms with Crippen molar-refractivity contribution in [2.24, 2.45) is 0 Å². The number of nitrogens with zero attached hydrogens (tertiary/aromatic N) is 1. The average Bonchev–Trinajstić information content (AvgIpc) is 3.04. The van der Waals surface area contributed by atoms with Crippen LogP contribution in [0, 0.1) is 0 Å². The molecule has 0 radical (unpaired) electrons. The van der Waals surface area contributed by atoms with E-state index in [2.05, 4.69) is 37.9 Å². The normalized spacial score (nSPS) is 20.6. The molecular weight excluding hydrogens is 256 g/mol. The van der Waals surface area contributed by atoms with E-state index in [4.69, 9.17) is 0 Å². The summed E-state index contributed by atoms with van der Waals surface area (Å²) in [7, 11) is 0. The van der Waals surface area contributed by atoms with Crippen LogP contribution in [0.1, 0.15) is 91.9 Å². The molecule has 0 bridgehead atoms. The zero-order valence-corrected chi connectivity index (χ0v) is 15.2. The van der Waals surface area contributed by atoms with Crippen LogP contribution < -0.4 is 5.32 Å². The van der Waals surface area contributed by atoms with Gasteiger partial charge in [-0.15, -0.1) is 0 Å². The van der Waals surface area contributed by atoms with Crippen molar-refractivity contribution < 1.29 is 0 Å². The predicted molar refractivity (Wildman–Crippen MR) is 95.0 cm³/mol. The highest BCUT2D eigenvalue weighted by molar-refractivity contribution is 4.97. The van der Waals surface area contributed by atoms with Gasteiger partial charge in [0.25, 0.3) is 0 Å². The summed E-state index contributed by atoms with van der Waals surface area (Å²) in [6.07, 6.45) is 13.6. The lowest BCUT2D eigenvalue weighted by molar-refractivity contribution is 0.0790. The lowest BCUT2D eigenvalue weighted by Gasteiger charge is -2.45. The minimum Gasteiger partial charge on any atom is -0.312 e. The highest BCUT2D eigenvalue weighted by Crippen LogP contribution is 2.30. The summed E-state index contributed by atoms with van der Waals surface area (Å²) in [4.78, 5) is 2.77. The van der Waals surface area contributed by atoms with Crippen LogP contribution in [-0.2, 0) is 0 Å². The van der Waals surface area contributed by atoms with Gasteiger partial charge < -0.3 is 5.32 Å². The summed E-state index contributed by atoms with van der Waals surface area (Å²) >= 11 is 0. The molecular formula is C19H40N2. The first-order chi connectivity index (χ1) is 10.2. The molecule has 1 N–H and O–H groups in total. The molecule has 1 heterocycles. The second kappa shape index (κ2) is 10.6. The number of hydrogen-bond acceptors (Lipinski definition) is 2. The first-order valence-corrected chi connectivity index (χ1v) is 9.67. The lowest BCUT2D eigenvalue weighted by atomic mass is 9.84.